The van der Waals surface area contributed by atoms with Crippen LogP contribution < -0.4 is 5.32 Å². The van der Waals surface area contributed by atoms with E-state index in [0.29, 0.717) is 12.0 Å². The zero-order valence-corrected chi connectivity index (χ0v) is 17.9. The Morgan fingerprint density at radius 2 is 1.45 bits per heavy atom. The number of methoxy groups -OCH3 is 1. The van der Waals surface area contributed by atoms with Gasteiger partial charge in [0.25, 0.3) is 5.91 Å². The van der Waals surface area contributed by atoms with E-state index in [1.54, 1.807) is 0 Å². The number of nitrogens with one attached hydrogen (secondary N) is 1. The second-order valence-electron chi connectivity index (χ2n) is 7.87. The van der Waals surface area contributed by atoms with E-state index >= 15 is 0 Å². The molecule has 0 aliphatic rings. The second kappa shape index (κ2) is 8.60. The summed E-state index contributed by atoms with van der Waals surface area (Å²) in [6.07, 6.45) is 0.363. The van der Waals surface area contributed by atoms with Crippen LogP contribution in [0.1, 0.15) is 27.0 Å². The third-order valence-corrected chi connectivity index (χ3v) is 5.80. The van der Waals surface area contributed by atoms with E-state index in [4.69, 9.17) is 4.74 Å². The first-order valence-corrected chi connectivity index (χ1v) is 10.3. The summed E-state index contributed by atoms with van der Waals surface area (Å²) in [5.41, 5.74) is 3.88. The molecule has 0 aromatic heterocycles. The SMILES string of the molecule is COC(=O)[C@@H](Cc1ccc(C)c(C)c1)NC(=O)c1c2ccccc2cc2ccccc12. The maximum Gasteiger partial charge on any atom is 0.328 e. The Morgan fingerprint density at radius 1 is 0.839 bits per heavy atom. The standard InChI is InChI=1S/C27H25NO3/c1-17-12-13-19(14-18(17)2)15-24(27(30)31-3)28-26(29)25-22-10-6-4-8-20(22)16-21-9-5-7-11-23(21)25/h4-14,16,24H,15H2,1-3H3,(H,28,29)/t24-/m1/s1. The van der Waals surface area contributed by atoms with Crippen LogP contribution in [0.5, 0.6) is 0 Å². The highest BCUT2D eigenvalue weighted by atomic mass is 16.5. The molecule has 31 heavy (non-hydrogen) atoms. The molecule has 156 valence electrons. The van der Waals surface area contributed by atoms with Crippen LogP contribution in [0.2, 0.25) is 0 Å². The van der Waals surface area contributed by atoms with Crippen LogP contribution in [0.4, 0.5) is 0 Å². The van der Waals surface area contributed by atoms with Gasteiger partial charge in [0.2, 0.25) is 0 Å². The average Bonchev–Trinajstić information content (AvgIpc) is 2.78. The molecule has 4 nitrogen and oxygen atoms in total. The lowest BCUT2D eigenvalue weighted by atomic mass is 9.95. The molecule has 4 aromatic carbocycles. The van der Waals surface area contributed by atoms with Crippen LogP contribution in [0.15, 0.2) is 72.8 Å². The Morgan fingerprint density at radius 3 is 2.03 bits per heavy atom. The topological polar surface area (TPSA) is 55.4 Å². The first kappa shape index (κ1) is 20.6. The van der Waals surface area contributed by atoms with Crippen molar-refractivity contribution < 1.29 is 14.3 Å². The maximum atomic E-state index is 13.5. The summed E-state index contributed by atoms with van der Waals surface area (Å²) in [5.74, 6) is -0.747. The fourth-order valence-electron chi connectivity index (χ4n) is 3.99. The molecular formula is C27H25NO3. The average molecular weight is 412 g/mol. The first-order chi connectivity index (χ1) is 15.0. The fraction of sp³-hybridized carbons (Fsp3) is 0.185. The maximum absolute atomic E-state index is 13.5. The molecule has 1 amide bonds. The zero-order valence-electron chi connectivity index (χ0n) is 17.9. The molecule has 0 saturated heterocycles. The van der Waals surface area contributed by atoms with Crippen molar-refractivity contribution in [3.63, 3.8) is 0 Å². The normalized spacial score (nSPS) is 12.0. The van der Waals surface area contributed by atoms with Gasteiger partial charge in [-0.3, -0.25) is 4.79 Å². The van der Waals surface area contributed by atoms with Gasteiger partial charge in [0, 0.05) is 6.42 Å². The van der Waals surface area contributed by atoms with E-state index < -0.39 is 12.0 Å². The number of ether oxygens (including phenoxy) is 1. The highest BCUT2D eigenvalue weighted by Gasteiger charge is 2.24. The molecule has 1 atom stereocenters. The van der Waals surface area contributed by atoms with Gasteiger partial charge in [-0.25, -0.2) is 4.79 Å². The number of hydrogen-bond donors (Lipinski definition) is 1. The molecule has 4 heteroatoms. The van der Waals surface area contributed by atoms with Gasteiger partial charge in [-0.1, -0.05) is 66.7 Å². The highest BCUT2D eigenvalue weighted by molar-refractivity contribution is 6.18. The lowest BCUT2D eigenvalue weighted by molar-refractivity contribution is -0.142. The Balaban J connectivity index is 1.74. The van der Waals surface area contributed by atoms with Crippen molar-refractivity contribution in [1.82, 2.24) is 5.32 Å². The molecule has 0 unspecified atom stereocenters. The van der Waals surface area contributed by atoms with Gasteiger partial charge < -0.3 is 10.1 Å². The van der Waals surface area contributed by atoms with Crippen molar-refractivity contribution in [3.05, 3.63) is 95.1 Å². The number of rotatable bonds is 5. The molecule has 0 aliphatic carbocycles. The van der Waals surface area contributed by atoms with Crippen LogP contribution in [0.3, 0.4) is 0 Å². The van der Waals surface area contributed by atoms with Crippen molar-refractivity contribution in [3.8, 4) is 0 Å². The summed E-state index contributed by atoms with van der Waals surface area (Å²) in [5, 5.41) is 6.61. The van der Waals surface area contributed by atoms with E-state index in [9.17, 15) is 9.59 Å². The molecule has 0 saturated carbocycles. The fourth-order valence-corrected chi connectivity index (χ4v) is 3.99. The minimum Gasteiger partial charge on any atom is -0.467 e. The lowest BCUT2D eigenvalue weighted by Crippen LogP contribution is -2.43. The summed E-state index contributed by atoms with van der Waals surface area (Å²) in [4.78, 5) is 26.0. The van der Waals surface area contributed by atoms with Crippen molar-refractivity contribution in [1.29, 1.82) is 0 Å². The lowest BCUT2D eigenvalue weighted by Gasteiger charge is -2.19. The monoisotopic (exact) mass is 411 g/mol. The highest BCUT2D eigenvalue weighted by Crippen LogP contribution is 2.28. The van der Waals surface area contributed by atoms with Gasteiger partial charge in [-0.05, 0) is 58.1 Å². The van der Waals surface area contributed by atoms with Crippen molar-refractivity contribution >= 4 is 33.4 Å². The largest absolute Gasteiger partial charge is 0.467 e. The van der Waals surface area contributed by atoms with Gasteiger partial charge in [0.05, 0.1) is 12.7 Å². The van der Waals surface area contributed by atoms with Crippen molar-refractivity contribution in [2.24, 2.45) is 0 Å². The molecular weight excluding hydrogens is 386 g/mol. The number of aryl methyl sites for hydroxylation is 2. The number of carbonyl (C=O) groups is 2. The number of benzene rings is 4. The number of carbonyl (C=O) groups excluding carboxylic acids is 2. The molecule has 0 radical (unpaired) electrons. The first-order valence-electron chi connectivity index (χ1n) is 10.3. The third-order valence-electron chi connectivity index (χ3n) is 5.80. The van der Waals surface area contributed by atoms with Gasteiger partial charge in [-0.2, -0.15) is 0 Å². The van der Waals surface area contributed by atoms with Gasteiger partial charge in [0.15, 0.2) is 0 Å². The summed E-state index contributed by atoms with van der Waals surface area (Å²) in [7, 11) is 1.34. The van der Waals surface area contributed by atoms with Crippen molar-refractivity contribution in [2.75, 3.05) is 7.11 Å². The minimum absolute atomic E-state index is 0.285. The summed E-state index contributed by atoms with van der Waals surface area (Å²) in [6.45, 7) is 4.08. The van der Waals surface area contributed by atoms with E-state index in [1.807, 2.05) is 80.6 Å². The number of fused-ring (bicyclic) bond motifs is 2. The van der Waals surface area contributed by atoms with Crippen LogP contribution in [-0.2, 0) is 16.0 Å². The second-order valence-corrected chi connectivity index (χ2v) is 7.87. The Kier molecular flexibility index (Phi) is 5.72. The molecule has 0 bridgehead atoms. The Labute approximate surface area is 181 Å². The Hall–Kier alpha value is -3.66. The molecule has 0 spiro atoms. The summed E-state index contributed by atoms with van der Waals surface area (Å²) < 4.78 is 5.00. The molecule has 1 N–H and O–H groups in total. The molecule has 0 heterocycles. The molecule has 0 aliphatic heterocycles. The predicted octanol–water partition coefficient (Wildman–Crippen LogP) is 5.12. The van der Waals surface area contributed by atoms with Gasteiger partial charge >= 0.3 is 5.97 Å². The number of hydrogen-bond acceptors (Lipinski definition) is 3. The van der Waals surface area contributed by atoms with Gasteiger partial charge in [0.1, 0.15) is 6.04 Å². The van der Waals surface area contributed by atoms with E-state index in [1.165, 1.54) is 12.7 Å². The summed E-state index contributed by atoms with van der Waals surface area (Å²) >= 11 is 0. The number of esters is 1. The predicted molar refractivity (Wildman–Crippen MR) is 124 cm³/mol. The van der Waals surface area contributed by atoms with Crippen LogP contribution in [0.25, 0.3) is 21.5 Å². The van der Waals surface area contributed by atoms with Crippen LogP contribution in [-0.4, -0.2) is 25.0 Å². The quantitative estimate of drug-likeness (QED) is 0.366. The van der Waals surface area contributed by atoms with E-state index in [2.05, 4.69) is 11.4 Å². The minimum atomic E-state index is -0.780. The zero-order chi connectivity index (χ0) is 22.0. The number of amides is 1. The van der Waals surface area contributed by atoms with Crippen LogP contribution >= 0.6 is 0 Å². The molecule has 0 fully saturated rings. The van der Waals surface area contributed by atoms with E-state index in [-0.39, 0.29) is 5.91 Å². The summed E-state index contributed by atoms with van der Waals surface area (Å²) in [6, 6.07) is 23.0. The molecule has 4 aromatic rings. The smallest absolute Gasteiger partial charge is 0.328 e. The van der Waals surface area contributed by atoms with E-state index in [0.717, 1.165) is 32.7 Å². The van der Waals surface area contributed by atoms with Crippen LogP contribution in [0, 0.1) is 13.8 Å². The third kappa shape index (κ3) is 4.15. The molecule has 4 rings (SSSR count). The van der Waals surface area contributed by atoms with Gasteiger partial charge in [-0.15, -0.1) is 0 Å². The Bertz CT molecular complexity index is 1240. The van der Waals surface area contributed by atoms with Crippen molar-refractivity contribution in [2.45, 2.75) is 26.3 Å².